The zero-order chi connectivity index (χ0) is 14.3. The molecule has 0 aliphatic rings. The molecular weight excluding hydrogens is 246 g/mol. The normalized spacial score (nSPS) is 10.9. The lowest BCUT2D eigenvalue weighted by Gasteiger charge is -2.25. The minimum Gasteiger partial charge on any atom is -0.488 e. The van der Waals surface area contributed by atoms with Crippen molar-refractivity contribution in [3.63, 3.8) is 0 Å². The quantitative estimate of drug-likeness (QED) is 0.831. The number of rotatable bonds is 6. The minimum absolute atomic E-state index is 0.0789. The molecule has 1 rings (SSSR count). The van der Waals surface area contributed by atoms with Crippen LogP contribution in [0.15, 0.2) is 24.3 Å². The second kappa shape index (κ2) is 6.99. The van der Waals surface area contributed by atoms with E-state index in [1.54, 1.807) is 31.2 Å². The van der Waals surface area contributed by atoms with Crippen molar-refractivity contribution < 1.29 is 19.4 Å². The molecule has 5 heteroatoms. The third kappa shape index (κ3) is 5.61. The Labute approximate surface area is 113 Å². The molecule has 106 valence electrons. The second-order valence-corrected chi connectivity index (χ2v) is 4.71. The number of hydrogen-bond donors (Lipinski definition) is 2. The van der Waals surface area contributed by atoms with Crippen LogP contribution in [0.5, 0.6) is 5.75 Å². The fourth-order valence-electron chi connectivity index (χ4n) is 1.53. The maximum absolute atomic E-state index is 11.2. The third-order valence-electron chi connectivity index (χ3n) is 2.48. The maximum atomic E-state index is 11.2. The molecule has 0 saturated carbocycles. The number of hydrogen-bond acceptors (Lipinski definition) is 4. The van der Waals surface area contributed by atoms with Crippen LogP contribution in [0.3, 0.4) is 0 Å². The summed E-state index contributed by atoms with van der Waals surface area (Å²) in [6, 6.07) is 7.00. The van der Waals surface area contributed by atoms with Gasteiger partial charge in [0.2, 0.25) is 0 Å². The number of carbonyl (C=O) groups excluding carboxylic acids is 1. The van der Waals surface area contributed by atoms with E-state index in [2.05, 4.69) is 5.32 Å². The van der Waals surface area contributed by atoms with Crippen molar-refractivity contribution >= 4 is 11.8 Å². The van der Waals surface area contributed by atoms with Crippen LogP contribution in [0.1, 0.15) is 27.2 Å². The number of carbonyl (C=O) groups is 1. The zero-order valence-corrected chi connectivity index (χ0v) is 11.6. The van der Waals surface area contributed by atoms with Gasteiger partial charge in [0.1, 0.15) is 11.4 Å². The van der Waals surface area contributed by atoms with E-state index in [1.165, 1.54) is 0 Å². The van der Waals surface area contributed by atoms with Crippen molar-refractivity contribution in [2.45, 2.75) is 32.8 Å². The van der Waals surface area contributed by atoms with Crippen molar-refractivity contribution in [2.75, 3.05) is 18.5 Å². The van der Waals surface area contributed by atoms with Gasteiger partial charge in [-0.3, -0.25) is 5.32 Å². The Morgan fingerprint density at radius 2 is 1.95 bits per heavy atom. The topological polar surface area (TPSA) is 67.8 Å². The van der Waals surface area contributed by atoms with Crippen LogP contribution in [0.4, 0.5) is 10.5 Å². The Bertz CT molecular complexity index is 400. The number of anilines is 1. The number of ether oxygens (including phenoxy) is 2. The summed E-state index contributed by atoms with van der Waals surface area (Å²) < 4.78 is 10.5. The molecule has 0 aliphatic heterocycles. The zero-order valence-electron chi connectivity index (χ0n) is 11.6. The van der Waals surface area contributed by atoms with E-state index >= 15 is 0 Å². The number of aliphatic hydroxyl groups excluding tert-OH is 1. The van der Waals surface area contributed by atoms with Gasteiger partial charge in [0.25, 0.3) is 0 Å². The van der Waals surface area contributed by atoms with Gasteiger partial charge in [0, 0.05) is 18.7 Å². The van der Waals surface area contributed by atoms with Gasteiger partial charge in [-0.2, -0.15) is 0 Å². The average molecular weight is 267 g/mol. The standard InChI is InChI=1S/C14H21NO4/c1-4-18-13(17)15-11-5-7-12(8-6-11)19-14(2,3)9-10-16/h5-8,16H,4,9-10H2,1-3H3,(H,15,17). The van der Waals surface area contributed by atoms with E-state index in [4.69, 9.17) is 14.6 Å². The van der Waals surface area contributed by atoms with Crippen LogP contribution in [-0.4, -0.2) is 30.0 Å². The summed E-state index contributed by atoms with van der Waals surface area (Å²) in [5.74, 6) is 0.688. The van der Waals surface area contributed by atoms with Gasteiger partial charge < -0.3 is 14.6 Å². The first kappa shape index (κ1) is 15.3. The molecule has 5 nitrogen and oxygen atoms in total. The van der Waals surface area contributed by atoms with Gasteiger partial charge in [0.05, 0.1) is 6.61 Å². The molecule has 0 saturated heterocycles. The summed E-state index contributed by atoms with van der Waals surface area (Å²) in [7, 11) is 0. The molecule has 0 aromatic heterocycles. The highest BCUT2D eigenvalue weighted by Gasteiger charge is 2.18. The smallest absolute Gasteiger partial charge is 0.411 e. The lowest BCUT2D eigenvalue weighted by Crippen LogP contribution is -2.29. The molecule has 0 fully saturated rings. The molecule has 0 heterocycles. The number of aliphatic hydroxyl groups is 1. The molecule has 0 spiro atoms. The molecule has 1 amide bonds. The van der Waals surface area contributed by atoms with E-state index in [0.717, 1.165) is 0 Å². The van der Waals surface area contributed by atoms with E-state index in [1.807, 2.05) is 13.8 Å². The average Bonchev–Trinajstić information content (AvgIpc) is 2.31. The molecule has 0 unspecified atom stereocenters. The Hall–Kier alpha value is -1.75. The molecule has 1 aromatic rings. The Balaban J connectivity index is 2.59. The number of nitrogens with one attached hydrogen (secondary N) is 1. The van der Waals surface area contributed by atoms with Crippen LogP contribution in [-0.2, 0) is 4.74 Å². The minimum atomic E-state index is -0.475. The molecule has 2 N–H and O–H groups in total. The van der Waals surface area contributed by atoms with Crippen molar-refractivity contribution in [3.05, 3.63) is 24.3 Å². The summed E-state index contributed by atoms with van der Waals surface area (Å²) in [6.07, 6.45) is 0.0762. The highest BCUT2D eigenvalue weighted by molar-refractivity contribution is 5.84. The lowest BCUT2D eigenvalue weighted by molar-refractivity contribution is 0.0765. The number of amides is 1. The first-order valence-electron chi connectivity index (χ1n) is 6.30. The van der Waals surface area contributed by atoms with Crippen molar-refractivity contribution in [1.82, 2.24) is 0 Å². The van der Waals surface area contributed by atoms with E-state index < -0.39 is 11.7 Å². The van der Waals surface area contributed by atoms with Gasteiger partial charge in [-0.15, -0.1) is 0 Å². The second-order valence-electron chi connectivity index (χ2n) is 4.71. The van der Waals surface area contributed by atoms with E-state index in [-0.39, 0.29) is 6.61 Å². The Morgan fingerprint density at radius 1 is 1.32 bits per heavy atom. The van der Waals surface area contributed by atoms with Crippen LogP contribution >= 0.6 is 0 Å². The Kier molecular flexibility index (Phi) is 5.63. The number of benzene rings is 1. The van der Waals surface area contributed by atoms with E-state index in [0.29, 0.717) is 24.5 Å². The van der Waals surface area contributed by atoms with E-state index in [9.17, 15) is 4.79 Å². The summed E-state index contributed by atoms with van der Waals surface area (Å²) in [5.41, 5.74) is 0.218. The monoisotopic (exact) mass is 267 g/mol. The highest BCUT2D eigenvalue weighted by Crippen LogP contribution is 2.22. The third-order valence-corrected chi connectivity index (χ3v) is 2.48. The van der Waals surface area contributed by atoms with Gasteiger partial charge in [-0.25, -0.2) is 4.79 Å². The molecule has 0 aliphatic carbocycles. The van der Waals surface area contributed by atoms with Crippen molar-refractivity contribution in [1.29, 1.82) is 0 Å². The summed E-state index contributed by atoms with van der Waals surface area (Å²) in [5, 5.41) is 11.5. The first-order chi connectivity index (χ1) is 8.96. The SMILES string of the molecule is CCOC(=O)Nc1ccc(OC(C)(C)CCO)cc1. The molecule has 0 atom stereocenters. The van der Waals surface area contributed by atoms with Crippen LogP contribution in [0.2, 0.25) is 0 Å². The highest BCUT2D eigenvalue weighted by atomic mass is 16.5. The lowest BCUT2D eigenvalue weighted by atomic mass is 10.1. The van der Waals surface area contributed by atoms with Crippen LogP contribution in [0.25, 0.3) is 0 Å². The predicted molar refractivity (Wildman–Crippen MR) is 73.5 cm³/mol. The summed E-state index contributed by atoms with van der Waals surface area (Å²) >= 11 is 0. The van der Waals surface area contributed by atoms with Crippen LogP contribution < -0.4 is 10.1 Å². The molecule has 19 heavy (non-hydrogen) atoms. The summed E-state index contributed by atoms with van der Waals surface area (Å²) in [4.78, 5) is 11.2. The van der Waals surface area contributed by atoms with Gasteiger partial charge >= 0.3 is 6.09 Å². The van der Waals surface area contributed by atoms with Gasteiger partial charge in [-0.05, 0) is 45.0 Å². The molecular formula is C14H21NO4. The molecule has 0 radical (unpaired) electrons. The predicted octanol–water partition coefficient (Wildman–Crippen LogP) is 2.79. The van der Waals surface area contributed by atoms with Crippen molar-refractivity contribution in [3.8, 4) is 5.75 Å². The largest absolute Gasteiger partial charge is 0.488 e. The molecule has 0 bridgehead atoms. The Morgan fingerprint density at radius 3 is 2.47 bits per heavy atom. The van der Waals surface area contributed by atoms with Crippen molar-refractivity contribution in [2.24, 2.45) is 0 Å². The van der Waals surface area contributed by atoms with Gasteiger partial charge in [-0.1, -0.05) is 0 Å². The summed E-state index contributed by atoms with van der Waals surface area (Å²) in [6.45, 7) is 5.99. The fourth-order valence-corrected chi connectivity index (χ4v) is 1.53. The first-order valence-corrected chi connectivity index (χ1v) is 6.30. The molecule has 1 aromatic carbocycles. The van der Waals surface area contributed by atoms with Crippen LogP contribution in [0, 0.1) is 0 Å². The van der Waals surface area contributed by atoms with Gasteiger partial charge in [0.15, 0.2) is 0 Å². The maximum Gasteiger partial charge on any atom is 0.411 e. The fraction of sp³-hybridized carbons (Fsp3) is 0.500.